The van der Waals surface area contributed by atoms with Gasteiger partial charge in [0.2, 0.25) is 5.91 Å². The van der Waals surface area contributed by atoms with Crippen molar-refractivity contribution < 1.29 is 9.32 Å². The summed E-state index contributed by atoms with van der Waals surface area (Å²) in [7, 11) is 0. The number of rotatable bonds is 3. The maximum absolute atomic E-state index is 12.3. The molecule has 2 heterocycles. The van der Waals surface area contributed by atoms with E-state index >= 15 is 0 Å². The molecule has 7 heteroatoms. The highest BCUT2D eigenvalue weighted by Gasteiger charge is 2.19. The Labute approximate surface area is 121 Å². The zero-order valence-electron chi connectivity index (χ0n) is 12.2. The number of amides is 1. The van der Waals surface area contributed by atoms with E-state index in [1.807, 2.05) is 0 Å². The number of aryl methyl sites for hydroxylation is 2. The summed E-state index contributed by atoms with van der Waals surface area (Å²) >= 11 is 0. The SMILES string of the molecule is Cc1nn(CC(=O)NC2CCCC2)c(=O)c2noc(C)c12. The molecule has 2 aromatic heterocycles. The summed E-state index contributed by atoms with van der Waals surface area (Å²) < 4.78 is 6.20. The van der Waals surface area contributed by atoms with Gasteiger partial charge in [-0.25, -0.2) is 4.68 Å². The fraction of sp³-hybridized carbons (Fsp3) is 0.571. The van der Waals surface area contributed by atoms with Gasteiger partial charge < -0.3 is 9.84 Å². The van der Waals surface area contributed by atoms with Crippen LogP contribution in [0.25, 0.3) is 10.9 Å². The van der Waals surface area contributed by atoms with Crippen LogP contribution in [0, 0.1) is 13.8 Å². The molecular formula is C14H18N4O3. The Balaban J connectivity index is 1.85. The summed E-state index contributed by atoms with van der Waals surface area (Å²) in [6, 6.07) is 0.229. The van der Waals surface area contributed by atoms with E-state index in [0.717, 1.165) is 30.4 Å². The van der Waals surface area contributed by atoms with E-state index in [2.05, 4.69) is 15.6 Å². The lowest BCUT2D eigenvalue weighted by atomic mass is 10.2. The Morgan fingerprint density at radius 1 is 1.38 bits per heavy atom. The minimum absolute atomic E-state index is 0.0853. The topological polar surface area (TPSA) is 90.0 Å². The molecule has 2 aromatic rings. The molecule has 1 saturated carbocycles. The Morgan fingerprint density at radius 3 is 2.81 bits per heavy atom. The molecule has 0 atom stereocenters. The zero-order valence-corrected chi connectivity index (χ0v) is 12.2. The molecule has 0 unspecified atom stereocenters. The van der Waals surface area contributed by atoms with Crippen LogP contribution in [0.1, 0.15) is 37.1 Å². The van der Waals surface area contributed by atoms with Crippen molar-refractivity contribution in [2.75, 3.05) is 0 Å². The minimum Gasteiger partial charge on any atom is -0.360 e. The van der Waals surface area contributed by atoms with E-state index in [4.69, 9.17) is 4.52 Å². The molecular weight excluding hydrogens is 272 g/mol. The van der Waals surface area contributed by atoms with Gasteiger partial charge in [0.05, 0.1) is 11.1 Å². The largest absolute Gasteiger partial charge is 0.360 e. The quantitative estimate of drug-likeness (QED) is 0.912. The summed E-state index contributed by atoms with van der Waals surface area (Å²) in [5, 5.41) is 11.5. The number of fused-ring (bicyclic) bond motifs is 1. The number of nitrogens with zero attached hydrogens (tertiary/aromatic N) is 3. The second-order valence-electron chi connectivity index (χ2n) is 5.56. The normalized spacial score (nSPS) is 15.7. The van der Waals surface area contributed by atoms with Gasteiger partial charge in [-0.1, -0.05) is 18.0 Å². The Bertz CT molecular complexity index is 740. The maximum Gasteiger partial charge on any atom is 0.297 e. The lowest BCUT2D eigenvalue weighted by Crippen LogP contribution is -2.38. The van der Waals surface area contributed by atoms with Crippen molar-refractivity contribution in [1.82, 2.24) is 20.3 Å². The average molecular weight is 290 g/mol. The molecule has 7 nitrogen and oxygen atoms in total. The summed E-state index contributed by atoms with van der Waals surface area (Å²) in [6.45, 7) is 3.43. The number of carbonyl (C=O) groups excluding carboxylic acids is 1. The Kier molecular flexibility index (Phi) is 3.48. The van der Waals surface area contributed by atoms with Crippen molar-refractivity contribution in [1.29, 1.82) is 0 Å². The van der Waals surface area contributed by atoms with Crippen molar-refractivity contribution in [3.63, 3.8) is 0 Å². The Morgan fingerprint density at radius 2 is 2.10 bits per heavy atom. The van der Waals surface area contributed by atoms with Gasteiger partial charge >= 0.3 is 0 Å². The highest BCUT2D eigenvalue weighted by molar-refractivity contribution is 5.82. The number of hydrogen-bond acceptors (Lipinski definition) is 5. The molecule has 1 N–H and O–H groups in total. The monoisotopic (exact) mass is 290 g/mol. The minimum atomic E-state index is -0.394. The van der Waals surface area contributed by atoms with Crippen LogP contribution in [0.4, 0.5) is 0 Å². The number of carbonyl (C=O) groups is 1. The first-order chi connectivity index (χ1) is 10.1. The molecule has 1 fully saturated rings. The lowest BCUT2D eigenvalue weighted by Gasteiger charge is -2.12. The van der Waals surface area contributed by atoms with E-state index < -0.39 is 5.56 Å². The molecule has 0 bridgehead atoms. The zero-order chi connectivity index (χ0) is 15.0. The molecule has 112 valence electrons. The van der Waals surface area contributed by atoms with Crippen molar-refractivity contribution in [3.8, 4) is 0 Å². The molecule has 3 rings (SSSR count). The van der Waals surface area contributed by atoms with Crippen molar-refractivity contribution >= 4 is 16.8 Å². The third-order valence-corrected chi connectivity index (χ3v) is 3.95. The van der Waals surface area contributed by atoms with E-state index in [1.54, 1.807) is 13.8 Å². The van der Waals surface area contributed by atoms with Gasteiger partial charge in [0.25, 0.3) is 5.56 Å². The molecule has 0 radical (unpaired) electrons. The van der Waals surface area contributed by atoms with E-state index in [-0.39, 0.29) is 24.0 Å². The Hall–Kier alpha value is -2.18. The first kappa shape index (κ1) is 13.8. The van der Waals surface area contributed by atoms with Crippen LogP contribution in [0.5, 0.6) is 0 Å². The third-order valence-electron chi connectivity index (χ3n) is 3.95. The van der Waals surface area contributed by atoms with Crippen molar-refractivity contribution in [3.05, 3.63) is 21.8 Å². The van der Waals surface area contributed by atoms with Gasteiger partial charge in [-0.15, -0.1) is 0 Å². The molecule has 0 saturated heterocycles. The molecule has 1 aliphatic carbocycles. The highest BCUT2D eigenvalue weighted by Crippen LogP contribution is 2.18. The second-order valence-corrected chi connectivity index (χ2v) is 5.56. The van der Waals surface area contributed by atoms with Crippen LogP contribution >= 0.6 is 0 Å². The van der Waals surface area contributed by atoms with Crippen LogP contribution in [0.15, 0.2) is 9.32 Å². The molecule has 0 aromatic carbocycles. The van der Waals surface area contributed by atoms with E-state index in [1.165, 1.54) is 0 Å². The summed E-state index contributed by atoms with van der Waals surface area (Å²) in [5.74, 6) is 0.380. The molecule has 0 spiro atoms. The smallest absolute Gasteiger partial charge is 0.297 e. The third kappa shape index (κ3) is 2.55. The first-order valence-electron chi connectivity index (χ1n) is 7.19. The summed E-state index contributed by atoms with van der Waals surface area (Å²) in [6.07, 6.45) is 4.31. The molecule has 1 amide bonds. The predicted molar refractivity (Wildman–Crippen MR) is 75.9 cm³/mol. The lowest BCUT2D eigenvalue weighted by molar-refractivity contribution is -0.122. The van der Waals surface area contributed by atoms with E-state index in [0.29, 0.717) is 16.8 Å². The maximum atomic E-state index is 12.3. The average Bonchev–Trinajstić information content (AvgIpc) is 3.05. The van der Waals surface area contributed by atoms with Crippen molar-refractivity contribution in [2.24, 2.45) is 0 Å². The number of hydrogen-bond donors (Lipinski definition) is 1. The van der Waals surface area contributed by atoms with Gasteiger partial charge in [-0.2, -0.15) is 5.10 Å². The predicted octanol–water partition coefficient (Wildman–Crippen LogP) is 1.06. The van der Waals surface area contributed by atoms with Gasteiger partial charge in [-0.3, -0.25) is 9.59 Å². The number of aromatic nitrogens is 3. The molecule has 0 aliphatic heterocycles. The van der Waals surface area contributed by atoms with Crippen LogP contribution < -0.4 is 10.9 Å². The highest BCUT2D eigenvalue weighted by atomic mass is 16.5. The van der Waals surface area contributed by atoms with Crippen molar-refractivity contribution in [2.45, 2.75) is 52.1 Å². The summed E-state index contributed by atoms with van der Waals surface area (Å²) in [4.78, 5) is 24.3. The first-order valence-corrected chi connectivity index (χ1v) is 7.19. The standard InChI is InChI=1S/C14H18N4O3/c1-8-12-9(2)21-17-13(12)14(20)18(16-8)7-11(19)15-10-5-3-4-6-10/h10H,3-7H2,1-2H3,(H,15,19). The fourth-order valence-corrected chi connectivity index (χ4v) is 2.93. The van der Waals surface area contributed by atoms with Gasteiger partial charge in [0.15, 0.2) is 5.52 Å². The summed E-state index contributed by atoms with van der Waals surface area (Å²) in [5.41, 5.74) is 0.472. The van der Waals surface area contributed by atoms with E-state index in [9.17, 15) is 9.59 Å². The molecule has 21 heavy (non-hydrogen) atoms. The van der Waals surface area contributed by atoms with Crippen LogP contribution in [-0.2, 0) is 11.3 Å². The van der Waals surface area contributed by atoms with Gasteiger partial charge in [0.1, 0.15) is 12.3 Å². The van der Waals surface area contributed by atoms with Gasteiger partial charge in [0, 0.05) is 6.04 Å². The fourth-order valence-electron chi connectivity index (χ4n) is 2.93. The number of nitrogens with one attached hydrogen (secondary N) is 1. The molecule has 1 aliphatic rings. The van der Waals surface area contributed by atoms with Gasteiger partial charge in [-0.05, 0) is 26.7 Å². The van der Waals surface area contributed by atoms with Crippen LogP contribution in [0.3, 0.4) is 0 Å². The second kappa shape index (κ2) is 5.31. The van der Waals surface area contributed by atoms with Crippen LogP contribution in [-0.4, -0.2) is 26.9 Å². The van der Waals surface area contributed by atoms with Crippen LogP contribution in [0.2, 0.25) is 0 Å².